The third kappa shape index (κ3) is 2.68. The second-order valence-electron chi connectivity index (χ2n) is 5.19. The van der Waals surface area contributed by atoms with Crippen molar-refractivity contribution in [3.05, 3.63) is 56.3 Å². The Balaban J connectivity index is 2.09. The van der Waals surface area contributed by atoms with Gasteiger partial charge in [-0.3, -0.25) is 4.79 Å². The lowest BCUT2D eigenvalue weighted by atomic mass is 9.91. The van der Waals surface area contributed by atoms with E-state index in [0.717, 1.165) is 34.4 Å². The van der Waals surface area contributed by atoms with Crippen LogP contribution in [0.15, 0.2) is 24.3 Å². The molecule has 0 saturated carbocycles. The lowest BCUT2D eigenvalue weighted by molar-refractivity contribution is -0.137. The van der Waals surface area contributed by atoms with Gasteiger partial charge in [0, 0.05) is 4.88 Å². The largest absolute Gasteiger partial charge is 0.416 e. The van der Waals surface area contributed by atoms with Gasteiger partial charge in [-0.2, -0.15) is 13.2 Å². The summed E-state index contributed by atoms with van der Waals surface area (Å²) >= 11 is 1.32. The number of carbonyl (C=O) groups excluding carboxylic acids is 1. The molecule has 1 atom stereocenters. The molecular formula is C16H13F3O2S. The van der Waals surface area contributed by atoms with Crippen LogP contribution in [-0.2, 0) is 17.3 Å². The zero-order valence-corrected chi connectivity index (χ0v) is 12.6. The normalized spacial score (nSPS) is 18.1. The zero-order valence-electron chi connectivity index (χ0n) is 11.7. The average Bonchev–Trinajstić information content (AvgIpc) is 2.86. The van der Waals surface area contributed by atoms with Crippen LogP contribution in [0.3, 0.4) is 0 Å². The highest BCUT2D eigenvalue weighted by Crippen LogP contribution is 2.40. The molecule has 0 aliphatic carbocycles. The number of thiophene rings is 1. The molecule has 3 rings (SSSR count). The number of aldehydes is 1. The van der Waals surface area contributed by atoms with Gasteiger partial charge in [0.2, 0.25) is 0 Å². The number of hydrogen-bond acceptors (Lipinski definition) is 3. The van der Waals surface area contributed by atoms with E-state index < -0.39 is 17.8 Å². The Kier molecular flexibility index (Phi) is 3.82. The van der Waals surface area contributed by atoms with Crippen LogP contribution in [0.4, 0.5) is 13.2 Å². The molecule has 116 valence electrons. The lowest BCUT2D eigenvalue weighted by Gasteiger charge is -2.27. The molecule has 0 saturated heterocycles. The van der Waals surface area contributed by atoms with Gasteiger partial charge in [0.15, 0.2) is 6.29 Å². The Morgan fingerprint density at radius 3 is 2.68 bits per heavy atom. The monoisotopic (exact) mass is 326 g/mol. The van der Waals surface area contributed by atoms with Gasteiger partial charge in [-0.1, -0.05) is 6.07 Å². The summed E-state index contributed by atoms with van der Waals surface area (Å²) in [4.78, 5) is 12.3. The van der Waals surface area contributed by atoms with Gasteiger partial charge in [0.1, 0.15) is 6.10 Å². The average molecular weight is 326 g/mol. The molecule has 2 aromatic rings. The summed E-state index contributed by atoms with van der Waals surface area (Å²) in [6.45, 7) is 2.30. The van der Waals surface area contributed by atoms with Crippen molar-refractivity contribution in [1.29, 1.82) is 0 Å². The summed E-state index contributed by atoms with van der Waals surface area (Å²) < 4.78 is 44.5. The second-order valence-corrected chi connectivity index (χ2v) is 6.48. The van der Waals surface area contributed by atoms with Crippen molar-refractivity contribution in [2.45, 2.75) is 25.6 Å². The first-order chi connectivity index (χ1) is 10.4. The molecule has 22 heavy (non-hydrogen) atoms. The lowest BCUT2D eigenvalue weighted by Crippen LogP contribution is -2.19. The molecule has 0 spiro atoms. The fourth-order valence-electron chi connectivity index (χ4n) is 2.72. The third-order valence-corrected chi connectivity index (χ3v) is 4.78. The molecule has 0 radical (unpaired) electrons. The van der Waals surface area contributed by atoms with Gasteiger partial charge in [-0.25, -0.2) is 0 Å². The van der Waals surface area contributed by atoms with Crippen molar-refractivity contribution in [1.82, 2.24) is 0 Å². The van der Waals surface area contributed by atoms with Crippen molar-refractivity contribution in [2.24, 2.45) is 0 Å². The number of benzene rings is 1. The van der Waals surface area contributed by atoms with Gasteiger partial charge in [-0.15, -0.1) is 11.3 Å². The van der Waals surface area contributed by atoms with Crippen LogP contribution >= 0.6 is 11.3 Å². The summed E-state index contributed by atoms with van der Waals surface area (Å²) in [5.74, 6) is 0. The molecule has 0 bridgehead atoms. The van der Waals surface area contributed by atoms with E-state index in [1.807, 2.05) is 6.92 Å². The number of alkyl halides is 3. The first kappa shape index (κ1) is 15.2. The number of fused-ring (bicyclic) bond motifs is 1. The fourth-order valence-corrected chi connectivity index (χ4v) is 3.59. The number of rotatable bonds is 2. The van der Waals surface area contributed by atoms with E-state index in [9.17, 15) is 18.0 Å². The minimum atomic E-state index is -4.38. The van der Waals surface area contributed by atoms with Crippen LogP contribution < -0.4 is 0 Å². The van der Waals surface area contributed by atoms with Crippen molar-refractivity contribution in [2.75, 3.05) is 6.61 Å². The quantitative estimate of drug-likeness (QED) is 0.757. The highest BCUT2D eigenvalue weighted by Gasteiger charge is 2.33. The van der Waals surface area contributed by atoms with E-state index in [4.69, 9.17) is 4.74 Å². The molecule has 0 fully saturated rings. The first-order valence-electron chi connectivity index (χ1n) is 6.77. The minimum absolute atomic E-state index is 0.453. The molecule has 2 nitrogen and oxygen atoms in total. The predicted octanol–water partition coefficient (Wildman–Crippen LogP) is 4.55. The number of ether oxygens (including phenoxy) is 1. The standard InChI is InChI=1S/C16H13F3O2S/c1-9-13(7-12(8-20)22-9)15-14-6-11(16(17,18)19)3-2-10(14)4-5-21-15/h2-3,6-8,15H,4-5H2,1H3. The topological polar surface area (TPSA) is 26.3 Å². The highest BCUT2D eigenvalue weighted by atomic mass is 32.1. The van der Waals surface area contributed by atoms with Gasteiger partial charge in [0.25, 0.3) is 0 Å². The van der Waals surface area contributed by atoms with E-state index in [1.54, 1.807) is 6.07 Å². The van der Waals surface area contributed by atoms with Crippen LogP contribution in [0.25, 0.3) is 0 Å². The highest BCUT2D eigenvalue weighted by molar-refractivity contribution is 7.13. The molecule has 1 aromatic heterocycles. The van der Waals surface area contributed by atoms with E-state index in [2.05, 4.69) is 0 Å². The van der Waals surface area contributed by atoms with Crippen molar-refractivity contribution < 1.29 is 22.7 Å². The number of hydrogen-bond donors (Lipinski definition) is 0. The Labute approximate surface area is 129 Å². The summed E-state index contributed by atoms with van der Waals surface area (Å²) in [6, 6.07) is 5.50. The van der Waals surface area contributed by atoms with Crippen LogP contribution in [0, 0.1) is 6.92 Å². The Hall–Kier alpha value is -1.66. The number of carbonyl (C=O) groups is 1. The predicted molar refractivity (Wildman–Crippen MR) is 77.4 cm³/mol. The van der Waals surface area contributed by atoms with Gasteiger partial charge in [0.05, 0.1) is 17.0 Å². The van der Waals surface area contributed by atoms with Crippen LogP contribution in [0.5, 0.6) is 0 Å². The third-order valence-electron chi connectivity index (χ3n) is 3.79. The Morgan fingerprint density at radius 1 is 1.27 bits per heavy atom. The molecule has 0 amide bonds. The zero-order chi connectivity index (χ0) is 15.9. The molecular weight excluding hydrogens is 313 g/mol. The van der Waals surface area contributed by atoms with E-state index in [-0.39, 0.29) is 0 Å². The van der Waals surface area contributed by atoms with Gasteiger partial charge in [-0.05, 0) is 48.2 Å². The number of halogens is 3. The second kappa shape index (κ2) is 5.52. The van der Waals surface area contributed by atoms with Crippen LogP contribution in [0.1, 0.15) is 42.9 Å². The smallest absolute Gasteiger partial charge is 0.368 e. The van der Waals surface area contributed by atoms with E-state index in [1.165, 1.54) is 17.4 Å². The maximum Gasteiger partial charge on any atom is 0.416 e. The SMILES string of the molecule is Cc1sc(C=O)cc1C1OCCc2ccc(C(F)(F)F)cc21. The summed E-state index contributed by atoms with van der Waals surface area (Å²) in [7, 11) is 0. The molecule has 1 unspecified atom stereocenters. The summed E-state index contributed by atoms with van der Waals surface area (Å²) in [5.41, 5.74) is 1.50. The van der Waals surface area contributed by atoms with Gasteiger partial charge >= 0.3 is 6.18 Å². The maximum absolute atomic E-state index is 12.9. The van der Waals surface area contributed by atoms with Gasteiger partial charge < -0.3 is 4.74 Å². The van der Waals surface area contributed by atoms with Crippen LogP contribution in [0.2, 0.25) is 0 Å². The molecule has 0 N–H and O–H groups in total. The molecule has 1 aliphatic rings. The molecule has 1 aliphatic heterocycles. The summed E-state index contributed by atoms with van der Waals surface area (Å²) in [5, 5.41) is 0. The molecule has 2 heterocycles. The number of aryl methyl sites for hydroxylation is 1. The molecule has 1 aromatic carbocycles. The van der Waals surface area contributed by atoms with Crippen molar-refractivity contribution in [3.63, 3.8) is 0 Å². The van der Waals surface area contributed by atoms with Crippen molar-refractivity contribution >= 4 is 17.6 Å². The Bertz CT molecular complexity index is 719. The van der Waals surface area contributed by atoms with Crippen LogP contribution in [-0.4, -0.2) is 12.9 Å². The minimum Gasteiger partial charge on any atom is -0.368 e. The molecule has 6 heteroatoms. The summed E-state index contributed by atoms with van der Waals surface area (Å²) in [6.07, 6.45) is -3.59. The Morgan fingerprint density at radius 2 is 2.05 bits per heavy atom. The van der Waals surface area contributed by atoms with E-state index >= 15 is 0 Å². The van der Waals surface area contributed by atoms with Crippen molar-refractivity contribution in [3.8, 4) is 0 Å². The van der Waals surface area contributed by atoms with E-state index in [0.29, 0.717) is 23.5 Å². The maximum atomic E-state index is 12.9. The first-order valence-corrected chi connectivity index (χ1v) is 7.59. The fraction of sp³-hybridized carbons (Fsp3) is 0.312.